The quantitative estimate of drug-likeness (QED) is 0.442. The van der Waals surface area contributed by atoms with Crippen LogP contribution in [0.2, 0.25) is 13.1 Å². The van der Waals surface area contributed by atoms with Crippen molar-refractivity contribution < 1.29 is 13.2 Å². The molecule has 0 fully saturated rings. The van der Waals surface area contributed by atoms with Crippen LogP contribution in [-0.4, -0.2) is 64.6 Å². The van der Waals surface area contributed by atoms with Crippen LogP contribution in [0.15, 0.2) is 4.99 Å². The van der Waals surface area contributed by atoms with Gasteiger partial charge in [-0.25, -0.2) is 0 Å². The van der Waals surface area contributed by atoms with Crippen LogP contribution in [0.5, 0.6) is 0 Å². The molecule has 0 aliphatic heterocycles. The molecule has 0 N–H and O–H groups in total. The molecule has 0 bridgehead atoms. The largest absolute Gasteiger partial charge is 0.390 e. The highest BCUT2D eigenvalue weighted by atomic mass is 28.3. The highest BCUT2D eigenvalue weighted by Gasteiger charge is 2.26. The van der Waals surface area contributed by atoms with Crippen molar-refractivity contribution in [3.8, 4) is 0 Å². The molecule has 0 spiro atoms. The lowest BCUT2D eigenvalue weighted by molar-refractivity contribution is -0.132. The minimum atomic E-state index is -4.13. The van der Waals surface area contributed by atoms with E-state index in [-0.39, 0.29) is 6.54 Å². The zero-order valence-electron chi connectivity index (χ0n) is 11.1. The van der Waals surface area contributed by atoms with E-state index in [0.29, 0.717) is 5.96 Å². The molecule has 0 atom stereocenters. The maximum atomic E-state index is 12.0. The third-order valence-corrected chi connectivity index (χ3v) is 3.05. The van der Waals surface area contributed by atoms with Crippen molar-refractivity contribution in [2.24, 2.45) is 4.99 Å². The zero-order valence-corrected chi connectivity index (χ0v) is 12.1. The number of guanidine groups is 1. The number of hydrogen-bond acceptors (Lipinski definition) is 1. The Hall–Kier alpha value is -0.723. The first-order valence-electron chi connectivity index (χ1n) is 5.42. The molecule has 101 valence electrons. The van der Waals surface area contributed by atoms with E-state index >= 15 is 0 Å². The third kappa shape index (κ3) is 8.06. The second-order valence-electron chi connectivity index (χ2n) is 4.50. The van der Waals surface area contributed by atoms with Crippen LogP contribution in [0, 0.1) is 0 Å². The van der Waals surface area contributed by atoms with E-state index < -0.39 is 21.4 Å². The van der Waals surface area contributed by atoms with Crippen LogP contribution >= 0.6 is 0 Å². The molecule has 0 saturated carbocycles. The fourth-order valence-corrected chi connectivity index (χ4v) is 2.52. The zero-order chi connectivity index (χ0) is 13.6. The molecule has 0 heterocycles. The topological polar surface area (TPSA) is 18.8 Å². The van der Waals surface area contributed by atoms with Crippen molar-refractivity contribution >= 4 is 14.8 Å². The van der Waals surface area contributed by atoms with Crippen LogP contribution in [0.4, 0.5) is 13.2 Å². The van der Waals surface area contributed by atoms with Crippen molar-refractivity contribution in [3.63, 3.8) is 0 Å². The van der Waals surface area contributed by atoms with Crippen molar-refractivity contribution in [3.05, 3.63) is 0 Å². The number of alkyl halides is 3. The van der Waals surface area contributed by atoms with Gasteiger partial charge < -0.3 is 9.80 Å². The SMILES string of the molecule is CN(C)C(=NCCC(F)(F)F)N(C)C[Si](C)C. The van der Waals surface area contributed by atoms with Gasteiger partial charge in [0, 0.05) is 27.3 Å². The van der Waals surface area contributed by atoms with Gasteiger partial charge in [-0.15, -0.1) is 0 Å². The van der Waals surface area contributed by atoms with Gasteiger partial charge in [-0.2, -0.15) is 13.2 Å². The highest BCUT2D eigenvalue weighted by Crippen LogP contribution is 2.19. The molecule has 3 nitrogen and oxygen atoms in total. The Morgan fingerprint density at radius 1 is 1.18 bits per heavy atom. The summed E-state index contributed by atoms with van der Waals surface area (Å²) in [5.74, 6) is 0.612. The summed E-state index contributed by atoms with van der Waals surface area (Å²) in [6.45, 7) is 4.10. The molecule has 17 heavy (non-hydrogen) atoms. The van der Waals surface area contributed by atoms with Crippen LogP contribution in [0.25, 0.3) is 0 Å². The summed E-state index contributed by atoms with van der Waals surface area (Å²) in [7, 11) is 4.98. The van der Waals surface area contributed by atoms with E-state index in [2.05, 4.69) is 18.1 Å². The molecule has 7 heteroatoms. The number of nitrogens with zero attached hydrogens (tertiary/aromatic N) is 3. The molecule has 0 aromatic carbocycles. The standard InChI is InChI=1S/C10H21F3N3Si/c1-15(2)9(16(3)8-17(4)5)14-7-6-10(11,12)13/h6-8H2,1-5H3. The Bertz CT molecular complexity index is 252. The Labute approximate surface area is 103 Å². The summed E-state index contributed by atoms with van der Waals surface area (Å²) < 4.78 is 36.1. The summed E-state index contributed by atoms with van der Waals surface area (Å²) in [6, 6.07) is 0. The Balaban J connectivity index is 4.46. The smallest absolute Gasteiger partial charge is 0.349 e. The molecular weight excluding hydrogens is 247 g/mol. The lowest BCUT2D eigenvalue weighted by Gasteiger charge is -2.27. The van der Waals surface area contributed by atoms with E-state index in [4.69, 9.17) is 0 Å². The van der Waals surface area contributed by atoms with Gasteiger partial charge in [0.2, 0.25) is 0 Å². The first kappa shape index (κ1) is 16.3. The first-order valence-corrected chi connectivity index (χ1v) is 8.13. The minimum Gasteiger partial charge on any atom is -0.349 e. The summed E-state index contributed by atoms with van der Waals surface area (Å²) in [5, 5.41) is 0. The molecule has 0 aromatic rings. The van der Waals surface area contributed by atoms with E-state index in [1.165, 1.54) is 0 Å². The van der Waals surface area contributed by atoms with E-state index in [0.717, 1.165) is 6.17 Å². The summed E-state index contributed by atoms with van der Waals surface area (Å²) >= 11 is 0. The fraction of sp³-hybridized carbons (Fsp3) is 0.900. The molecule has 0 aliphatic rings. The van der Waals surface area contributed by atoms with Crippen LogP contribution in [0.1, 0.15) is 6.42 Å². The van der Waals surface area contributed by atoms with Gasteiger partial charge in [0.25, 0.3) is 0 Å². The maximum Gasteiger partial charge on any atom is 0.390 e. The Morgan fingerprint density at radius 2 is 1.71 bits per heavy atom. The predicted octanol–water partition coefficient (Wildman–Crippen LogP) is 2.08. The van der Waals surface area contributed by atoms with Crippen molar-refractivity contribution in [2.45, 2.75) is 25.7 Å². The summed E-state index contributed by atoms with van der Waals surface area (Å²) in [4.78, 5) is 7.70. The normalized spacial score (nSPS) is 13.1. The summed E-state index contributed by atoms with van der Waals surface area (Å²) in [6.07, 6.45) is -4.13. The highest BCUT2D eigenvalue weighted by molar-refractivity contribution is 6.56. The number of rotatable bonds is 4. The molecule has 0 rings (SSSR count). The Morgan fingerprint density at radius 3 is 2.06 bits per heavy atom. The van der Waals surface area contributed by atoms with Gasteiger partial charge >= 0.3 is 6.18 Å². The number of halogens is 3. The first-order chi connectivity index (χ1) is 7.63. The van der Waals surface area contributed by atoms with Gasteiger partial charge in [0.15, 0.2) is 5.96 Å². The van der Waals surface area contributed by atoms with Gasteiger partial charge in [0.05, 0.1) is 21.8 Å². The van der Waals surface area contributed by atoms with E-state index in [9.17, 15) is 13.2 Å². The number of hydrogen-bond donors (Lipinski definition) is 0. The number of aliphatic imine (C=N–C) groups is 1. The molecular formula is C10H21F3N3Si. The van der Waals surface area contributed by atoms with E-state index in [1.54, 1.807) is 19.0 Å². The molecule has 1 radical (unpaired) electrons. The fourth-order valence-electron chi connectivity index (χ4n) is 1.43. The van der Waals surface area contributed by atoms with Gasteiger partial charge in [-0.05, 0) is 0 Å². The average Bonchev–Trinajstić information content (AvgIpc) is 2.08. The Kier molecular flexibility index (Phi) is 6.59. The van der Waals surface area contributed by atoms with Crippen molar-refractivity contribution in [1.29, 1.82) is 0 Å². The average molecular weight is 268 g/mol. The second-order valence-corrected chi connectivity index (χ2v) is 7.23. The van der Waals surface area contributed by atoms with Crippen molar-refractivity contribution in [1.82, 2.24) is 9.80 Å². The van der Waals surface area contributed by atoms with Crippen LogP contribution in [0.3, 0.4) is 0 Å². The predicted molar refractivity (Wildman–Crippen MR) is 66.8 cm³/mol. The lowest BCUT2D eigenvalue weighted by atomic mass is 10.4. The molecule has 0 aliphatic carbocycles. The molecule has 0 amide bonds. The van der Waals surface area contributed by atoms with Gasteiger partial charge in [-0.3, -0.25) is 4.99 Å². The van der Waals surface area contributed by atoms with Gasteiger partial charge in [-0.1, -0.05) is 13.1 Å². The molecule has 0 unspecified atom stereocenters. The molecule has 0 saturated heterocycles. The monoisotopic (exact) mass is 268 g/mol. The third-order valence-electron chi connectivity index (χ3n) is 1.94. The van der Waals surface area contributed by atoms with E-state index in [1.807, 2.05) is 11.9 Å². The maximum absolute atomic E-state index is 12.0. The second kappa shape index (κ2) is 6.88. The minimum absolute atomic E-state index is 0.211. The lowest BCUT2D eigenvalue weighted by Crippen LogP contribution is -2.42. The van der Waals surface area contributed by atoms with Gasteiger partial charge in [0.1, 0.15) is 0 Å². The van der Waals surface area contributed by atoms with Crippen molar-refractivity contribution in [2.75, 3.05) is 33.9 Å². The summed E-state index contributed by atoms with van der Waals surface area (Å²) in [5.41, 5.74) is 0. The van der Waals surface area contributed by atoms with Crippen LogP contribution < -0.4 is 0 Å². The van der Waals surface area contributed by atoms with Crippen LogP contribution in [-0.2, 0) is 0 Å². The molecule has 0 aromatic heterocycles.